The number of amides is 1. The summed E-state index contributed by atoms with van der Waals surface area (Å²) >= 11 is 0. The summed E-state index contributed by atoms with van der Waals surface area (Å²) in [6.45, 7) is -0.340. The van der Waals surface area contributed by atoms with Crippen LogP contribution < -0.4 is 4.90 Å². The number of aliphatic carboxylic acids is 1. The van der Waals surface area contributed by atoms with Crippen LogP contribution in [0, 0.1) is 12.3 Å². The highest BCUT2D eigenvalue weighted by atomic mass is 16.4. The molecule has 0 bridgehead atoms. The number of terminal acetylenes is 1. The van der Waals surface area contributed by atoms with Crippen LogP contribution in [0.2, 0.25) is 0 Å². The molecule has 1 amide bonds. The second-order valence-corrected chi connectivity index (χ2v) is 4.91. The lowest BCUT2D eigenvalue weighted by atomic mass is 10.1. The van der Waals surface area contributed by atoms with E-state index in [0.29, 0.717) is 6.42 Å². The first kappa shape index (κ1) is 16.6. The Bertz CT molecular complexity index is 529. The highest BCUT2D eigenvalue weighted by Gasteiger charge is 2.15. The van der Waals surface area contributed by atoms with E-state index in [2.05, 4.69) is 5.92 Å². The Morgan fingerprint density at radius 1 is 1.24 bits per heavy atom. The van der Waals surface area contributed by atoms with Crippen molar-refractivity contribution in [2.45, 2.75) is 12.8 Å². The largest absolute Gasteiger partial charge is 0.480 e. The molecule has 0 radical (unpaired) electrons. The van der Waals surface area contributed by atoms with Crippen LogP contribution >= 0.6 is 0 Å². The van der Waals surface area contributed by atoms with Crippen LogP contribution in [0.5, 0.6) is 0 Å². The van der Waals surface area contributed by atoms with E-state index in [1.165, 1.54) is 4.90 Å². The van der Waals surface area contributed by atoms with Crippen molar-refractivity contribution < 1.29 is 14.7 Å². The predicted octanol–water partition coefficient (Wildman–Crippen LogP) is 1.23. The minimum absolute atomic E-state index is 0.0186. The summed E-state index contributed by atoms with van der Waals surface area (Å²) in [5.41, 5.74) is 2.12. The molecule has 0 fully saturated rings. The number of carbonyl (C=O) groups is 2. The Morgan fingerprint density at radius 2 is 1.86 bits per heavy atom. The third-order valence-corrected chi connectivity index (χ3v) is 3.04. The predicted molar refractivity (Wildman–Crippen MR) is 82.1 cm³/mol. The number of nitrogens with zero attached hydrogens (tertiary/aromatic N) is 2. The van der Waals surface area contributed by atoms with Crippen LogP contribution in [0.25, 0.3) is 0 Å². The van der Waals surface area contributed by atoms with E-state index in [-0.39, 0.29) is 25.4 Å². The molecule has 21 heavy (non-hydrogen) atoms. The van der Waals surface area contributed by atoms with E-state index in [4.69, 9.17) is 11.5 Å². The van der Waals surface area contributed by atoms with Gasteiger partial charge >= 0.3 is 5.97 Å². The molecule has 0 spiro atoms. The first-order valence-electron chi connectivity index (χ1n) is 6.63. The van der Waals surface area contributed by atoms with Crippen LogP contribution in [-0.4, -0.2) is 49.1 Å². The molecule has 1 aromatic rings. The second kappa shape index (κ2) is 7.95. The third-order valence-electron chi connectivity index (χ3n) is 3.04. The van der Waals surface area contributed by atoms with Crippen molar-refractivity contribution >= 4 is 17.6 Å². The summed E-state index contributed by atoms with van der Waals surface area (Å²) in [6, 6.07) is 7.89. The molecule has 0 aliphatic carbocycles. The van der Waals surface area contributed by atoms with E-state index >= 15 is 0 Å². The molecule has 0 aliphatic rings. The van der Waals surface area contributed by atoms with Gasteiger partial charge in [-0.05, 0) is 24.1 Å². The summed E-state index contributed by atoms with van der Waals surface area (Å²) < 4.78 is 0. The highest BCUT2D eigenvalue weighted by molar-refractivity contribution is 5.81. The first-order chi connectivity index (χ1) is 9.93. The molecule has 0 unspecified atom stereocenters. The second-order valence-electron chi connectivity index (χ2n) is 4.91. The van der Waals surface area contributed by atoms with Crippen molar-refractivity contribution in [2.75, 3.05) is 32.1 Å². The molecule has 0 saturated heterocycles. The molecular formula is C16H20N2O3. The van der Waals surface area contributed by atoms with Crippen molar-refractivity contribution in [2.24, 2.45) is 0 Å². The number of anilines is 1. The molecule has 0 aromatic heterocycles. The van der Waals surface area contributed by atoms with Gasteiger partial charge in [-0.3, -0.25) is 9.59 Å². The molecule has 0 heterocycles. The quantitative estimate of drug-likeness (QED) is 0.767. The number of aryl methyl sites for hydroxylation is 1. The third kappa shape index (κ3) is 5.57. The smallest absolute Gasteiger partial charge is 0.323 e. The number of hydrogen-bond acceptors (Lipinski definition) is 3. The Hall–Kier alpha value is -2.48. The van der Waals surface area contributed by atoms with E-state index in [9.17, 15) is 9.59 Å². The van der Waals surface area contributed by atoms with E-state index in [1.54, 1.807) is 0 Å². The van der Waals surface area contributed by atoms with Gasteiger partial charge in [0.05, 0.1) is 6.54 Å². The molecule has 5 heteroatoms. The highest BCUT2D eigenvalue weighted by Crippen LogP contribution is 2.13. The van der Waals surface area contributed by atoms with Crippen LogP contribution in [0.15, 0.2) is 24.3 Å². The molecule has 1 aromatic carbocycles. The van der Waals surface area contributed by atoms with Crippen molar-refractivity contribution in [1.29, 1.82) is 0 Å². The number of rotatable bonds is 7. The molecule has 1 N–H and O–H groups in total. The van der Waals surface area contributed by atoms with Gasteiger partial charge in [-0.2, -0.15) is 0 Å². The van der Waals surface area contributed by atoms with Crippen molar-refractivity contribution in [3.05, 3.63) is 29.8 Å². The Balaban J connectivity index is 2.58. The summed E-state index contributed by atoms with van der Waals surface area (Å²) in [5, 5.41) is 8.76. The summed E-state index contributed by atoms with van der Waals surface area (Å²) in [7, 11) is 3.92. The maximum atomic E-state index is 12.0. The van der Waals surface area contributed by atoms with Crippen LogP contribution in [0.4, 0.5) is 5.69 Å². The maximum absolute atomic E-state index is 12.0. The van der Waals surface area contributed by atoms with E-state index < -0.39 is 5.97 Å². The molecule has 112 valence electrons. The number of carboxylic acids is 1. The normalized spacial score (nSPS) is 9.76. The lowest BCUT2D eigenvalue weighted by molar-refractivity contribution is -0.144. The fraction of sp³-hybridized carbons (Fsp3) is 0.375. The van der Waals surface area contributed by atoms with E-state index in [1.807, 2.05) is 43.3 Å². The van der Waals surface area contributed by atoms with Gasteiger partial charge in [-0.25, -0.2) is 0 Å². The van der Waals surface area contributed by atoms with Gasteiger partial charge in [0.25, 0.3) is 0 Å². The van der Waals surface area contributed by atoms with E-state index in [0.717, 1.165) is 11.3 Å². The van der Waals surface area contributed by atoms with Crippen molar-refractivity contribution in [1.82, 2.24) is 4.90 Å². The number of hydrogen-bond donors (Lipinski definition) is 1. The van der Waals surface area contributed by atoms with Gasteiger partial charge in [0.15, 0.2) is 0 Å². The number of benzene rings is 1. The minimum Gasteiger partial charge on any atom is -0.480 e. The lowest BCUT2D eigenvalue weighted by Crippen LogP contribution is -2.36. The SMILES string of the molecule is C#CCN(CC(=O)O)C(=O)CCc1ccc(N(C)C)cc1. The average molecular weight is 288 g/mol. The molecule has 5 nitrogen and oxygen atoms in total. The first-order valence-corrected chi connectivity index (χ1v) is 6.63. The summed E-state index contributed by atoms with van der Waals surface area (Å²) in [4.78, 5) is 25.8. The Morgan fingerprint density at radius 3 is 2.33 bits per heavy atom. The number of carbonyl (C=O) groups excluding carboxylic acids is 1. The van der Waals surface area contributed by atoms with Gasteiger partial charge in [-0.15, -0.1) is 6.42 Å². The summed E-state index contributed by atoms with van der Waals surface area (Å²) in [6.07, 6.45) is 5.96. The van der Waals surface area contributed by atoms with Gasteiger partial charge in [-0.1, -0.05) is 18.1 Å². The summed E-state index contributed by atoms with van der Waals surface area (Å²) in [5.74, 6) is 1.00. The zero-order valence-corrected chi connectivity index (χ0v) is 12.4. The van der Waals surface area contributed by atoms with Gasteiger partial charge in [0.2, 0.25) is 5.91 Å². The van der Waals surface area contributed by atoms with Crippen LogP contribution in [0.3, 0.4) is 0 Å². The topological polar surface area (TPSA) is 60.9 Å². The zero-order valence-electron chi connectivity index (χ0n) is 12.4. The molecular weight excluding hydrogens is 268 g/mol. The van der Waals surface area contributed by atoms with Crippen LogP contribution in [0.1, 0.15) is 12.0 Å². The van der Waals surface area contributed by atoms with Crippen LogP contribution in [-0.2, 0) is 16.0 Å². The fourth-order valence-corrected chi connectivity index (χ4v) is 1.88. The van der Waals surface area contributed by atoms with Gasteiger partial charge in [0.1, 0.15) is 6.54 Å². The number of carboxylic acid groups (broad SMARTS) is 1. The lowest BCUT2D eigenvalue weighted by Gasteiger charge is -2.18. The average Bonchev–Trinajstić information content (AvgIpc) is 2.44. The van der Waals surface area contributed by atoms with Crippen molar-refractivity contribution in [3.8, 4) is 12.3 Å². The van der Waals surface area contributed by atoms with Gasteiger partial charge < -0.3 is 14.9 Å². The maximum Gasteiger partial charge on any atom is 0.323 e. The Labute approximate surface area is 125 Å². The monoisotopic (exact) mass is 288 g/mol. The molecule has 1 rings (SSSR count). The molecule has 0 atom stereocenters. The molecule has 0 aliphatic heterocycles. The minimum atomic E-state index is -1.06. The zero-order chi connectivity index (χ0) is 15.8. The standard InChI is InChI=1S/C16H20N2O3/c1-4-11-18(12-16(20)21)15(19)10-7-13-5-8-14(9-6-13)17(2)3/h1,5-6,8-9H,7,10-12H2,2-3H3,(H,20,21). The van der Waals surface area contributed by atoms with Crippen molar-refractivity contribution in [3.63, 3.8) is 0 Å². The fourth-order valence-electron chi connectivity index (χ4n) is 1.88. The van der Waals surface area contributed by atoms with Gasteiger partial charge in [0, 0.05) is 26.2 Å². The molecule has 0 saturated carbocycles. The Kier molecular flexibility index (Phi) is 6.28.